The maximum Gasteiger partial charge on any atom is 0.192 e. The number of halogens is 1. The van der Waals surface area contributed by atoms with Crippen molar-refractivity contribution in [1.82, 2.24) is 0 Å². The minimum atomic E-state index is -1.58. The zero-order valence-corrected chi connectivity index (χ0v) is 16.2. The van der Waals surface area contributed by atoms with Crippen LogP contribution < -0.4 is 0 Å². The highest BCUT2D eigenvalue weighted by atomic mass is 127. The van der Waals surface area contributed by atoms with E-state index in [1.165, 1.54) is 9.15 Å². The van der Waals surface area contributed by atoms with Gasteiger partial charge < -0.3 is 4.43 Å². The summed E-state index contributed by atoms with van der Waals surface area (Å²) in [5, 5.41) is 0.301. The van der Waals surface area contributed by atoms with Crippen molar-refractivity contribution in [1.29, 1.82) is 0 Å². The Labute approximate surface area is 128 Å². The van der Waals surface area contributed by atoms with Crippen LogP contribution >= 0.6 is 22.6 Å². The van der Waals surface area contributed by atoms with E-state index in [1.54, 1.807) is 0 Å². The van der Waals surface area contributed by atoms with Gasteiger partial charge >= 0.3 is 0 Å². The Hall–Kier alpha value is 0.387. The lowest BCUT2D eigenvalue weighted by molar-refractivity contribution is 0.327. The molecule has 106 valence electrons. The first-order chi connectivity index (χ1) is 8.06. The lowest BCUT2D eigenvalue weighted by Gasteiger charge is -2.35. The summed E-state index contributed by atoms with van der Waals surface area (Å²) in [5.74, 6) is 0. The van der Waals surface area contributed by atoms with E-state index in [-0.39, 0.29) is 0 Å². The molecule has 0 fully saturated rings. The molecule has 0 bridgehead atoms. The number of hydrogen-bond donors (Lipinski definition) is 0. The van der Waals surface area contributed by atoms with Crippen molar-refractivity contribution in [2.45, 2.75) is 65.6 Å². The summed E-state index contributed by atoms with van der Waals surface area (Å²) >= 11 is 2.36. The van der Waals surface area contributed by atoms with Crippen LogP contribution in [0.3, 0.4) is 0 Å². The Morgan fingerprint density at radius 3 is 2.17 bits per heavy atom. The molecule has 0 N–H and O–H groups in total. The van der Waals surface area contributed by atoms with Gasteiger partial charge in [-0.25, -0.2) is 0 Å². The molecule has 0 aliphatic heterocycles. The first kappa shape index (κ1) is 18.4. The average molecular weight is 380 g/mol. The Morgan fingerprint density at radius 2 is 1.72 bits per heavy atom. The van der Waals surface area contributed by atoms with Crippen molar-refractivity contribution in [3.8, 4) is 0 Å². The van der Waals surface area contributed by atoms with Crippen LogP contribution in [0.1, 0.15) is 47.5 Å². The highest BCUT2D eigenvalue weighted by Gasteiger charge is 2.36. The summed E-state index contributed by atoms with van der Waals surface area (Å²) in [4.78, 5) is 0. The minimum absolute atomic E-state index is 0.301. The topological polar surface area (TPSA) is 9.23 Å². The van der Waals surface area contributed by atoms with E-state index in [2.05, 4.69) is 82.5 Å². The molecule has 0 unspecified atom stereocenters. The van der Waals surface area contributed by atoms with E-state index in [1.807, 2.05) is 0 Å². The normalized spacial score (nSPS) is 15.1. The van der Waals surface area contributed by atoms with Crippen molar-refractivity contribution in [3.05, 3.63) is 21.3 Å². The first-order valence-electron chi connectivity index (χ1n) is 6.68. The van der Waals surface area contributed by atoms with E-state index in [0.29, 0.717) is 5.04 Å². The quantitative estimate of drug-likeness (QED) is 0.309. The predicted molar refractivity (Wildman–Crippen MR) is 93.9 cm³/mol. The molecule has 0 aromatic rings. The summed E-state index contributed by atoms with van der Waals surface area (Å²) in [6.45, 7) is 16.6. The maximum absolute atomic E-state index is 6.14. The fourth-order valence-corrected chi connectivity index (χ4v) is 2.45. The second-order valence-corrected chi connectivity index (χ2v) is 13.0. The Morgan fingerprint density at radius 1 is 1.17 bits per heavy atom. The summed E-state index contributed by atoms with van der Waals surface area (Å²) in [5.41, 5.74) is 1.43. The van der Waals surface area contributed by atoms with Crippen molar-refractivity contribution in [2.75, 3.05) is 6.61 Å². The molecule has 0 aliphatic rings. The second kappa shape index (κ2) is 7.85. The monoisotopic (exact) mass is 380 g/mol. The number of hydrogen-bond acceptors (Lipinski definition) is 1. The molecule has 18 heavy (non-hydrogen) atoms. The zero-order chi connectivity index (χ0) is 14.4. The van der Waals surface area contributed by atoms with Crippen molar-refractivity contribution < 1.29 is 4.43 Å². The van der Waals surface area contributed by atoms with E-state index in [9.17, 15) is 0 Å². The van der Waals surface area contributed by atoms with E-state index in [4.69, 9.17) is 4.43 Å². The van der Waals surface area contributed by atoms with Crippen LogP contribution in [0, 0.1) is 0 Å². The van der Waals surface area contributed by atoms with Crippen LogP contribution in [0.5, 0.6) is 0 Å². The fraction of sp³-hybridized carbons (Fsp3) is 0.733. The average Bonchev–Trinajstić information content (AvgIpc) is 2.14. The van der Waals surface area contributed by atoms with Gasteiger partial charge in [-0.3, -0.25) is 0 Å². The minimum Gasteiger partial charge on any atom is -0.413 e. The molecule has 0 aromatic carbocycles. The zero-order valence-electron chi connectivity index (χ0n) is 13.1. The lowest BCUT2D eigenvalue weighted by Crippen LogP contribution is -2.40. The van der Waals surface area contributed by atoms with Crippen LogP contribution in [0.15, 0.2) is 21.3 Å². The van der Waals surface area contributed by atoms with Crippen LogP contribution in [-0.4, -0.2) is 14.9 Å². The van der Waals surface area contributed by atoms with Gasteiger partial charge in [0.15, 0.2) is 8.32 Å². The first-order valence-corrected chi connectivity index (χ1v) is 10.7. The molecular formula is C15H29IOSi. The van der Waals surface area contributed by atoms with Gasteiger partial charge in [-0.15, -0.1) is 0 Å². The predicted octanol–water partition coefficient (Wildman–Crippen LogP) is 6.07. The van der Waals surface area contributed by atoms with E-state index in [0.717, 1.165) is 19.4 Å². The van der Waals surface area contributed by atoms with Crippen LogP contribution in [0.25, 0.3) is 0 Å². The molecule has 0 radical (unpaired) electrons. The Balaban J connectivity index is 4.13. The molecule has 0 saturated carbocycles. The number of rotatable bonds is 6. The molecule has 0 aliphatic carbocycles. The third kappa shape index (κ3) is 7.74. The van der Waals surface area contributed by atoms with Crippen molar-refractivity contribution >= 4 is 30.9 Å². The lowest BCUT2D eigenvalue weighted by atomic mass is 10.1. The van der Waals surface area contributed by atoms with Gasteiger partial charge in [0.1, 0.15) is 0 Å². The molecule has 0 amide bonds. The van der Waals surface area contributed by atoms with E-state index < -0.39 is 8.32 Å². The van der Waals surface area contributed by atoms with Gasteiger partial charge in [0.25, 0.3) is 0 Å². The van der Waals surface area contributed by atoms with Crippen LogP contribution in [0.4, 0.5) is 0 Å². The van der Waals surface area contributed by atoms with Crippen molar-refractivity contribution in [2.24, 2.45) is 0 Å². The molecule has 3 heteroatoms. The number of allylic oxidation sites excluding steroid dienone is 3. The summed E-state index contributed by atoms with van der Waals surface area (Å²) < 4.78 is 7.51. The van der Waals surface area contributed by atoms with Gasteiger partial charge in [-0.05, 0) is 71.0 Å². The summed E-state index contributed by atoms with van der Waals surface area (Å²) in [6.07, 6.45) is 6.81. The summed E-state index contributed by atoms with van der Waals surface area (Å²) in [6, 6.07) is 0. The third-order valence-electron chi connectivity index (χ3n) is 3.65. The fourth-order valence-electron chi connectivity index (χ4n) is 1.21. The third-order valence-corrected chi connectivity index (χ3v) is 8.59. The van der Waals surface area contributed by atoms with E-state index >= 15 is 0 Å². The van der Waals surface area contributed by atoms with Crippen LogP contribution in [0.2, 0.25) is 18.1 Å². The molecule has 0 rings (SSSR count). The molecule has 1 nitrogen and oxygen atoms in total. The second-order valence-electron chi connectivity index (χ2n) is 6.45. The standard InChI is InChI=1S/C15H29IOSi/c1-13(9-8-10-14(2)16)11-12-17-18(6,7)15(3,4)5/h10-11H,8-9,12H2,1-7H3/b13-11+,14-10+. The van der Waals surface area contributed by atoms with Crippen LogP contribution in [-0.2, 0) is 4.43 Å². The molecule has 0 aromatic heterocycles. The molecule has 0 saturated heterocycles. The van der Waals surface area contributed by atoms with Gasteiger partial charge in [0.05, 0.1) is 6.61 Å². The maximum atomic E-state index is 6.14. The van der Waals surface area contributed by atoms with Crippen molar-refractivity contribution in [3.63, 3.8) is 0 Å². The summed E-state index contributed by atoms with van der Waals surface area (Å²) in [7, 11) is -1.58. The largest absolute Gasteiger partial charge is 0.413 e. The van der Waals surface area contributed by atoms with Gasteiger partial charge in [-0.1, -0.05) is 38.5 Å². The van der Waals surface area contributed by atoms with Gasteiger partial charge in [0, 0.05) is 0 Å². The smallest absolute Gasteiger partial charge is 0.192 e. The highest BCUT2D eigenvalue weighted by Crippen LogP contribution is 2.36. The molecule has 0 atom stereocenters. The highest BCUT2D eigenvalue weighted by molar-refractivity contribution is 14.1. The van der Waals surface area contributed by atoms with Gasteiger partial charge in [0.2, 0.25) is 0 Å². The Kier molecular flexibility index (Phi) is 8.02. The molecular weight excluding hydrogens is 351 g/mol. The molecule has 0 spiro atoms. The SMILES string of the molecule is C/C(I)=C\CC/C(C)=C/CO[Si](C)(C)C(C)(C)C. The van der Waals surface area contributed by atoms with Gasteiger partial charge in [-0.2, -0.15) is 0 Å². The Bertz CT molecular complexity index is 307. The molecule has 0 heterocycles.